The van der Waals surface area contributed by atoms with E-state index in [0.29, 0.717) is 6.04 Å². The van der Waals surface area contributed by atoms with Crippen LogP contribution in [0.25, 0.3) is 0 Å². The molecule has 4 nitrogen and oxygen atoms in total. The third kappa shape index (κ3) is 3.81. The van der Waals surface area contributed by atoms with E-state index in [4.69, 9.17) is 9.47 Å². The van der Waals surface area contributed by atoms with Gasteiger partial charge in [0.05, 0.1) is 14.2 Å². The van der Waals surface area contributed by atoms with Gasteiger partial charge in [0.15, 0.2) is 11.5 Å². The third-order valence-corrected chi connectivity index (χ3v) is 3.32. The number of nitrogens with one attached hydrogen (secondary N) is 1. The average molecular weight is 309 g/mol. The Bertz CT molecular complexity index is 414. The number of likely N-dealkylation sites (N-methyl/N-ethyl adjacent to an activating group) is 1. The van der Waals surface area contributed by atoms with Crippen molar-refractivity contribution in [2.45, 2.75) is 12.5 Å². The highest BCUT2D eigenvalue weighted by atomic mass is 35.5. The van der Waals surface area contributed by atoms with E-state index >= 15 is 0 Å². The highest BCUT2D eigenvalue weighted by Gasteiger charge is 2.21. The molecule has 1 aromatic rings. The number of rotatable bonds is 3. The molecule has 1 unspecified atom stereocenters. The molecule has 1 aliphatic heterocycles. The minimum Gasteiger partial charge on any atom is -0.493 e. The summed E-state index contributed by atoms with van der Waals surface area (Å²) in [4.78, 5) is 2.24. The Morgan fingerprint density at radius 3 is 2.21 bits per heavy atom. The summed E-state index contributed by atoms with van der Waals surface area (Å²) in [5.74, 6) is 1.58. The fraction of sp³-hybridized carbons (Fsp3) is 0.538. The Labute approximate surface area is 127 Å². The Morgan fingerprint density at radius 1 is 1.11 bits per heavy atom. The summed E-state index contributed by atoms with van der Waals surface area (Å²) < 4.78 is 10.6. The molecule has 0 radical (unpaired) electrons. The number of methoxy groups -OCH3 is 2. The first-order valence-electron chi connectivity index (χ1n) is 5.81. The van der Waals surface area contributed by atoms with Crippen molar-refractivity contribution in [3.05, 3.63) is 17.7 Å². The lowest BCUT2D eigenvalue weighted by atomic mass is 9.98. The summed E-state index contributed by atoms with van der Waals surface area (Å²) in [6.07, 6.45) is 1.04. The predicted octanol–water partition coefficient (Wildman–Crippen LogP) is 2.45. The van der Waals surface area contributed by atoms with E-state index in [1.54, 1.807) is 14.2 Å². The van der Waals surface area contributed by atoms with Gasteiger partial charge in [-0.15, -0.1) is 24.8 Å². The maximum absolute atomic E-state index is 5.33. The number of anilines is 1. The van der Waals surface area contributed by atoms with Gasteiger partial charge in [0.2, 0.25) is 0 Å². The molecule has 2 rings (SSSR count). The summed E-state index contributed by atoms with van der Waals surface area (Å²) in [5, 5.41) is 3.44. The first-order valence-corrected chi connectivity index (χ1v) is 5.81. The highest BCUT2D eigenvalue weighted by Crippen LogP contribution is 2.35. The van der Waals surface area contributed by atoms with Crippen molar-refractivity contribution in [2.24, 2.45) is 0 Å². The molecule has 0 fully saturated rings. The normalized spacial score (nSPS) is 16.6. The number of fused-ring (bicyclic) bond motifs is 1. The van der Waals surface area contributed by atoms with E-state index in [2.05, 4.69) is 30.4 Å². The minimum atomic E-state index is 0. The molecule has 1 N–H and O–H groups in total. The molecule has 1 aromatic carbocycles. The van der Waals surface area contributed by atoms with Crippen molar-refractivity contribution in [1.29, 1.82) is 0 Å². The molecular formula is C13H22Cl2N2O2. The van der Waals surface area contributed by atoms with Gasteiger partial charge >= 0.3 is 0 Å². The summed E-state index contributed by atoms with van der Waals surface area (Å²) in [7, 11) is 7.55. The lowest BCUT2D eigenvalue weighted by Gasteiger charge is -2.31. The number of benzene rings is 1. The van der Waals surface area contributed by atoms with Crippen molar-refractivity contribution in [1.82, 2.24) is 4.90 Å². The van der Waals surface area contributed by atoms with Crippen LogP contribution in [0.1, 0.15) is 5.56 Å². The number of hydrogen-bond acceptors (Lipinski definition) is 4. The molecule has 0 aromatic heterocycles. The molecule has 0 bridgehead atoms. The lowest BCUT2D eigenvalue weighted by molar-refractivity contribution is 0.298. The van der Waals surface area contributed by atoms with E-state index in [0.717, 1.165) is 30.2 Å². The van der Waals surface area contributed by atoms with Crippen LogP contribution in [0.5, 0.6) is 11.5 Å². The van der Waals surface area contributed by atoms with E-state index in [9.17, 15) is 0 Å². The standard InChI is InChI=1S/C13H20N2O2.2ClH/c1-15(2)10-5-9-6-12(16-3)13(17-4)7-11(9)14-8-10;;/h6-7,10,14H,5,8H2,1-4H3;2*1H. The molecule has 0 saturated carbocycles. The second-order valence-corrected chi connectivity index (χ2v) is 4.57. The summed E-state index contributed by atoms with van der Waals surface area (Å²) >= 11 is 0. The van der Waals surface area contributed by atoms with Crippen LogP contribution in [0.3, 0.4) is 0 Å². The van der Waals surface area contributed by atoms with Gasteiger partial charge < -0.3 is 19.7 Å². The molecule has 0 spiro atoms. The fourth-order valence-corrected chi connectivity index (χ4v) is 2.17. The zero-order valence-corrected chi connectivity index (χ0v) is 13.4. The molecule has 1 atom stereocenters. The van der Waals surface area contributed by atoms with E-state index in [-0.39, 0.29) is 24.8 Å². The van der Waals surface area contributed by atoms with Gasteiger partial charge in [-0.1, -0.05) is 0 Å². The van der Waals surface area contributed by atoms with Gasteiger partial charge in [-0.25, -0.2) is 0 Å². The maximum Gasteiger partial charge on any atom is 0.162 e. The van der Waals surface area contributed by atoms with E-state index in [1.165, 1.54) is 5.56 Å². The minimum absolute atomic E-state index is 0. The third-order valence-electron chi connectivity index (χ3n) is 3.32. The van der Waals surface area contributed by atoms with Gasteiger partial charge in [-0.05, 0) is 32.1 Å². The number of halogens is 2. The average Bonchev–Trinajstić information content (AvgIpc) is 2.36. The number of hydrogen-bond donors (Lipinski definition) is 1. The van der Waals surface area contributed by atoms with Crippen LogP contribution < -0.4 is 14.8 Å². The first kappa shape index (κ1) is 18.2. The smallest absolute Gasteiger partial charge is 0.162 e. The topological polar surface area (TPSA) is 33.7 Å². The summed E-state index contributed by atoms with van der Waals surface area (Å²) in [6, 6.07) is 4.61. The fourth-order valence-electron chi connectivity index (χ4n) is 2.17. The van der Waals surface area contributed by atoms with Gasteiger partial charge in [0.25, 0.3) is 0 Å². The highest BCUT2D eigenvalue weighted by molar-refractivity contribution is 5.85. The Kier molecular flexibility index (Phi) is 7.34. The Balaban J connectivity index is 0.00000162. The lowest BCUT2D eigenvalue weighted by Crippen LogP contribution is -2.39. The predicted molar refractivity (Wildman–Crippen MR) is 83.7 cm³/mol. The molecule has 0 amide bonds. The number of nitrogens with zero attached hydrogens (tertiary/aromatic N) is 1. The summed E-state index contributed by atoms with van der Waals surface area (Å²) in [5.41, 5.74) is 2.44. The van der Waals surface area contributed by atoms with Crippen LogP contribution >= 0.6 is 24.8 Å². The molecule has 1 heterocycles. The zero-order valence-electron chi connectivity index (χ0n) is 11.7. The van der Waals surface area contributed by atoms with Gasteiger partial charge in [-0.2, -0.15) is 0 Å². The quantitative estimate of drug-likeness (QED) is 0.930. The van der Waals surface area contributed by atoms with Crippen molar-refractivity contribution < 1.29 is 9.47 Å². The van der Waals surface area contributed by atoms with Crippen molar-refractivity contribution in [2.75, 3.05) is 40.2 Å². The van der Waals surface area contributed by atoms with Crippen molar-refractivity contribution in [3.8, 4) is 11.5 Å². The first-order chi connectivity index (χ1) is 8.15. The van der Waals surface area contributed by atoms with E-state index in [1.807, 2.05) is 6.07 Å². The monoisotopic (exact) mass is 308 g/mol. The molecule has 19 heavy (non-hydrogen) atoms. The Morgan fingerprint density at radius 2 is 1.68 bits per heavy atom. The second-order valence-electron chi connectivity index (χ2n) is 4.57. The van der Waals surface area contributed by atoms with Crippen LogP contribution in [0, 0.1) is 0 Å². The van der Waals surface area contributed by atoms with Crippen LogP contribution in [-0.2, 0) is 6.42 Å². The van der Waals surface area contributed by atoms with Crippen LogP contribution in [0.15, 0.2) is 12.1 Å². The SMILES string of the molecule is COc1cc2c(cc1OC)NCC(N(C)C)C2.Cl.Cl. The van der Waals surface area contributed by atoms with Crippen LogP contribution in [-0.4, -0.2) is 45.8 Å². The zero-order chi connectivity index (χ0) is 12.4. The molecule has 6 heteroatoms. The van der Waals surface area contributed by atoms with Crippen LogP contribution in [0.2, 0.25) is 0 Å². The maximum atomic E-state index is 5.33. The molecular weight excluding hydrogens is 287 g/mol. The molecule has 110 valence electrons. The Hall–Kier alpha value is -0.840. The summed E-state index contributed by atoms with van der Waals surface area (Å²) in [6.45, 7) is 0.968. The molecule has 0 aliphatic carbocycles. The van der Waals surface area contributed by atoms with Gasteiger partial charge in [0, 0.05) is 24.3 Å². The molecule has 1 aliphatic rings. The molecule has 0 saturated heterocycles. The van der Waals surface area contributed by atoms with Gasteiger partial charge in [-0.3, -0.25) is 0 Å². The van der Waals surface area contributed by atoms with Crippen LogP contribution in [0.4, 0.5) is 5.69 Å². The number of ether oxygens (including phenoxy) is 2. The van der Waals surface area contributed by atoms with E-state index < -0.39 is 0 Å². The van der Waals surface area contributed by atoms with Crippen molar-refractivity contribution in [3.63, 3.8) is 0 Å². The van der Waals surface area contributed by atoms with Crippen molar-refractivity contribution >= 4 is 30.5 Å². The second kappa shape index (κ2) is 7.68. The largest absolute Gasteiger partial charge is 0.493 e. The van der Waals surface area contributed by atoms with Gasteiger partial charge in [0.1, 0.15) is 0 Å².